The standard InChI is InChI=1S/C28H33N5O10S/c34-25(24-12-23(44)15-31(24)28(37)43-17-19-5-9-22(10-6-19)33(40)41)13-26(35)30-11-1-2-20(14-30)29-27(36)42-16-18-3-7-21(8-4-18)32(38)39/h3-10,20,23-25,34,44H,1-2,11-17H2,(H,29,36). The van der Waals surface area contributed by atoms with Gasteiger partial charge >= 0.3 is 12.2 Å². The summed E-state index contributed by atoms with van der Waals surface area (Å²) in [6, 6.07) is 10.2. The van der Waals surface area contributed by atoms with Crippen molar-refractivity contribution in [3.63, 3.8) is 0 Å². The molecule has 0 saturated carbocycles. The molecule has 4 atom stereocenters. The molecule has 0 spiro atoms. The summed E-state index contributed by atoms with van der Waals surface area (Å²) in [5, 5.41) is 35.1. The number of non-ortho nitro benzene ring substituents is 2. The summed E-state index contributed by atoms with van der Waals surface area (Å²) in [5.41, 5.74) is 0.989. The highest BCUT2D eigenvalue weighted by molar-refractivity contribution is 7.81. The maximum Gasteiger partial charge on any atom is 0.410 e. The van der Waals surface area contributed by atoms with Crippen molar-refractivity contribution in [3.05, 3.63) is 79.9 Å². The van der Waals surface area contributed by atoms with Gasteiger partial charge in [-0.25, -0.2) is 9.59 Å². The van der Waals surface area contributed by atoms with Crippen LogP contribution in [0.2, 0.25) is 0 Å². The smallest absolute Gasteiger partial charge is 0.410 e. The Balaban J connectivity index is 1.24. The highest BCUT2D eigenvalue weighted by atomic mass is 32.1. The van der Waals surface area contributed by atoms with Crippen LogP contribution in [-0.2, 0) is 27.5 Å². The van der Waals surface area contributed by atoms with E-state index >= 15 is 0 Å². The second-order valence-electron chi connectivity index (χ2n) is 10.7. The Morgan fingerprint density at radius 2 is 1.52 bits per heavy atom. The predicted octanol–water partition coefficient (Wildman–Crippen LogP) is 3.18. The van der Waals surface area contributed by atoms with E-state index < -0.39 is 34.2 Å². The lowest BCUT2D eigenvalue weighted by Gasteiger charge is -2.34. The highest BCUT2D eigenvalue weighted by Gasteiger charge is 2.40. The summed E-state index contributed by atoms with van der Waals surface area (Å²) in [7, 11) is 0. The number of hydrogen-bond acceptors (Lipinski definition) is 11. The molecule has 2 aromatic rings. The van der Waals surface area contributed by atoms with Crippen LogP contribution >= 0.6 is 12.6 Å². The number of thiol groups is 1. The van der Waals surface area contributed by atoms with Crippen molar-refractivity contribution in [2.75, 3.05) is 19.6 Å². The van der Waals surface area contributed by atoms with Crippen molar-refractivity contribution >= 4 is 42.1 Å². The monoisotopic (exact) mass is 631 g/mol. The largest absolute Gasteiger partial charge is 0.445 e. The van der Waals surface area contributed by atoms with Crippen molar-refractivity contribution < 1.29 is 38.8 Å². The molecule has 0 bridgehead atoms. The van der Waals surface area contributed by atoms with E-state index in [1.807, 2.05) is 0 Å². The van der Waals surface area contributed by atoms with Gasteiger partial charge in [0.15, 0.2) is 0 Å². The number of piperidine rings is 1. The third-order valence-electron chi connectivity index (χ3n) is 7.51. The second kappa shape index (κ2) is 14.8. The molecule has 2 saturated heterocycles. The fourth-order valence-electron chi connectivity index (χ4n) is 5.20. The number of nitro groups is 2. The van der Waals surface area contributed by atoms with Crippen LogP contribution in [0.15, 0.2) is 48.5 Å². The summed E-state index contributed by atoms with van der Waals surface area (Å²) >= 11 is 4.46. The molecule has 2 aliphatic rings. The maximum absolute atomic E-state index is 13.1. The second-order valence-corrected chi connectivity index (χ2v) is 11.4. The van der Waals surface area contributed by atoms with Gasteiger partial charge in [-0.2, -0.15) is 12.6 Å². The van der Waals surface area contributed by atoms with Crippen LogP contribution in [0.4, 0.5) is 21.0 Å². The first kappa shape index (κ1) is 32.5. The summed E-state index contributed by atoms with van der Waals surface area (Å²) in [5.74, 6) is -0.329. The first-order valence-electron chi connectivity index (χ1n) is 14.0. The van der Waals surface area contributed by atoms with Crippen LogP contribution in [0.1, 0.15) is 36.8 Å². The summed E-state index contributed by atoms with van der Waals surface area (Å²) in [6.45, 7) is 0.688. The van der Waals surface area contributed by atoms with Gasteiger partial charge in [-0.3, -0.25) is 25.0 Å². The van der Waals surface area contributed by atoms with Gasteiger partial charge in [0, 0.05) is 55.2 Å². The predicted molar refractivity (Wildman–Crippen MR) is 158 cm³/mol. The molecule has 2 N–H and O–H groups in total. The molecule has 0 aromatic heterocycles. The van der Waals surface area contributed by atoms with E-state index in [0.29, 0.717) is 36.9 Å². The number of aliphatic hydroxyl groups is 1. The zero-order chi connectivity index (χ0) is 31.8. The van der Waals surface area contributed by atoms with Gasteiger partial charge < -0.3 is 29.7 Å². The number of carbonyl (C=O) groups excluding carboxylic acids is 3. The summed E-state index contributed by atoms with van der Waals surface area (Å²) < 4.78 is 10.6. The molecule has 4 unspecified atom stereocenters. The van der Waals surface area contributed by atoms with Crippen molar-refractivity contribution in [2.24, 2.45) is 0 Å². The lowest BCUT2D eigenvalue weighted by atomic mass is 10.0. The molecule has 2 heterocycles. The number of alkyl carbamates (subject to hydrolysis) is 1. The lowest BCUT2D eigenvalue weighted by molar-refractivity contribution is -0.385. The van der Waals surface area contributed by atoms with Crippen molar-refractivity contribution in [2.45, 2.75) is 62.3 Å². The van der Waals surface area contributed by atoms with Gasteiger partial charge in [0.25, 0.3) is 11.4 Å². The maximum atomic E-state index is 13.1. The molecular weight excluding hydrogens is 598 g/mol. The van der Waals surface area contributed by atoms with Crippen LogP contribution < -0.4 is 5.32 Å². The van der Waals surface area contributed by atoms with E-state index in [1.165, 1.54) is 53.4 Å². The molecule has 15 nitrogen and oxygen atoms in total. The van der Waals surface area contributed by atoms with Gasteiger partial charge in [-0.15, -0.1) is 0 Å². The van der Waals surface area contributed by atoms with Crippen LogP contribution in [0.3, 0.4) is 0 Å². The van der Waals surface area contributed by atoms with Crippen LogP contribution in [-0.4, -0.2) is 85.9 Å². The van der Waals surface area contributed by atoms with Crippen molar-refractivity contribution in [1.29, 1.82) is 0 Å². The third kappa shape index (κ3) is 8.79. The number of carbonyl (C=O) groups is 3. The number of rotatable bonds is 10. The summed E-state index contributed by atoms with van der Waals surface area (Å²) in [6.07, 6.45) is -1.19. The molecule has 2 aromatic carbocycles. The van der Waals surface area contributed by atoms with E-state index in [0.717, 1.165) is 0 Å². The summed E-state index contributed by atoms with van der Waals surface area (Å²) in [4.78, 5) is 61.7. The first-order chi connectivity index (χ1) is 21.0. The molecule has 0 aliphatic carbocycles. The minimum Gasteiger partial charge on any atom is -0.445 e. The Morgan fingerprint density at radius 3 is 2.09 bits per heavy atom. The van der Waals surface area contributed by atoms with E-state index in [-0.39, 0.29) is 61.3 Å². The fraction of sp³-hybridized carbons (Fsp3) is 0.464. The van der Waals surface area contributed by atoms with Crippen molar-refractivity contribution in [3.8, 4) is 0 Å². The molecule has 16 heteroatoms. The Labute approximate surface area is 257 Å². The Kier molecular flexibility index (Phi) is 10.9. The average Bonchev–Trinajstić information content (AvgIpc) is 3.41. The minimum atomic E-state index is -1.17. The van der Waals surface area contributed by atoms with Crippen LogP contribution in [0.25, 0.3) is 0 Å². The number of nitrogens with zero attached hydrogens (tertiary/aromatic N) is 4. The molecule has 0 radical (unpaired) electrons. The van der Waals surface area contributed by atoms with Gasteiger partial charge in [0.2, 0.25) is 5.91 Å². The number of aliphatic hydroxyl groups excluding tert-OH is 1. The molecule has 2 fully saturated rings. The minimum absolute atomic E-state index is 0.0685. The molecule has 3 amide bonds. The van der Waals surface area contributed by atoms with Crippen molar-refractivity contribution in [1.82, 2.24) is 15.1 Å². The number of nitro benzene ring substituents is 2. The van der Waals surface area contributed by atoms with E-state index in [2.05, 4.69) is 17.9 Å². The Morgan fingerprint density at radius 1 is 0.955 bits per heavy atom. The lowest BCUT2D eigenvalue weighted by Crippen LogP contribution is -2.51. The van der Waals surface area contributed by atoms with Gasteiger partial charge in [-0.1, -0.05) is 0 Å². The molecule has 2 aliphatic heterocycles. The quantitative estimate of drug-likeness (QED) is 0.199. The van der Waals surface area contributed by atoms with Crippen LogP contribution in [0, 0.1) is 20.2 Å². The van der Waals surface area contributed by atoms with Gasteiger partial charge in [0.05, 0.1) is 28.4 Å². The number of amides is 3. The number of hydrogen-bond donors (Lipinski definition) is 3. The zero-order valence-electron chi connectivity index (χ0n) is 23.6. The number of benzene rings is 2. The number of likely N-dealkylation sites (tertiary alicyclic amines) is 2. The Bertz CT molecular complexity index is 1360. The third-order valence-corrected chi connectivity index (χ3v) is 7.88. The van der Waals surface area contributed by atoms with Gasteiger partial charge in [-0.05, 0) is 54.7 Å². The van der Waals surface area contributed by atoms with E-state index in [9.17, 15) is 39.7 Å². The van der Waals surface area contributed by atoms with Gasteiger partial charge in [0.1, 0.15) is 13.2 Å². The Hall–Kier alpha value is -4.44. The number of ether oxygens (including phenoxy) is 2. The van der Waals surface area contributed by atoms with E-state index in [4.69, 9.17) is 9.47 Å². The SMILES string of the molecule is O=C(NC1CCCN(C(=O)CC(O)C2CC(S)CN2C(=O)OCc2ccc([N+](=O)[O-])cc2)C1)OCc1ccc([N+](=O)[O-])cc1. The number of nitrogens with one attached hydrogen (secondary N) is 1. The zero-order valence-corrected chi connectivity index (χ0v) is 24.5. The van der Waals surface area contributed by atoms with E-state index in [1.54, 1.807) is 4.90 Å². The molecular formula is C28H33N5O10S. The first-order valence-corrected chi connectivity index (χ1v) is 14.5. The average molecular weight is 632 g/mol. The normalized spacial score (nSPS) is 20.5. The fourth-order valence-corrected chi connectivity index (χ4v) is 5.59. The molecule has 44 heavy (non-hydrogen) atoms. The molecule has 236 valence electrons. The topological polar surface area (TPSA) is 195 Å². The van der Waals surface area contributed by atoms with Crippen LogP contribution in [0.5, 0.6) is 0 Å². The highest BCUT2D eigenvalue weighted by Crippen LogP contribution is 2.27. The molecule has 4 rings (SSSR count).